The van der Waals surface area contributed by atoms with Crippen LogP contribution in [0.4, 0.5) is 16.2 Å². The molecule has 4 aromatic rings. The van der Waals surface area contributed by atoms with Crippen LogP contribution in [0.25, 0.3) is 11.0 Å². The standard InChI is InChI=1S/C19H14FN5O3/c1-25-17-11(9-15(18(25)27)28-14-7-3-2-5-12(14)20)10-22-19(24-17)23-16-13(26)6-4-8-21-16/h2-10,26H,1H3,(H,21,22,23,24). The normalized spacial score (nSPS) is 10.8. The van der Waals surface area contributed by atoms with E-state index in [1.807, 2.05) is 0 Å². The van der Waals surface area contributed by atoms with Crippen LogP contribution in [0.1, 0.15) is 0 Å². The lowest BCUT2D eigenvalue weighted by Gasteiger charge is -2.11. The van der Waals surface area contributed by atoms with Crippen LogP contribution in [0.2, 0.25) is 0 Å². The molecule has 0 radical (unpaired) electrons. The minimum atomic E-state index is -0.574. The van der Waals surface area contributed by atoms with Gasteiger partial charge in [0.15, 0.2) is 28.9 Å². The number of hydrogen-bond acceptors (Lipinski definition) is 7. The second kappa shape index (κ2) is 6.95. The Morgan fingerprint density at radius 3 is 2.75 bits per heavy atom. The maximum absolute atomic E-state index is 13.8. The number of aromatic hydroxyl groups is 1. The highest BCUT2D eigenvalue weighted by molar-refractivity contribution is 5.77. The summed E-state index contributed by atoms with van der Waals surface area (Å²) < 4.78 is 20.5. The Morgan fingerprint density at radius 1 is 1.14 bits per heavy atom. The lowest BCUT2D eigenvalue weighted by molar-refractivity contribution is 0.434. The van der Waals surface area contributed by atoms with Gasteiger partial charge in [0.2, 0.25) is 5.95 Å². The molecule has 3 heterocycles. The fourth-order valence-corrected chi connectivity index (χ4v) is 2.60. The van der Waals surface area contributed by atoms with Crippen molar-refractivity contribution in [1.82, 2.24) is 19.5 Å². The lowest BCUT2D eigenvalue weighted by atomic mass is 10.3. The minimum Gasteiger partial charge on any atom is -0.504 e. The second-order valence-electron chi connectivity index (χ2n) is 5.87. The average Bonchev–Trinajstić information content (AvgIpc) is 2.70. The highest BCUT2D eigenvalue weighted by Gasteiger charge is 2.13. The van der Waals surface area contributed by atoms with Gasteiger partial charge in [0, 0.05) is 24.8 Å². The predicted molar refractivity (Wildman–Crippen MR) is 100 cm³/mol. The summed E-state index contributed by atoms with van der Waals surface area (Å²) in [5.74, 6) is -0.398. The highest BCUT2D eigenvalue weighted by atomic mass is 19.1. The maximum Gasteiger partial charge on any atom is 0.294 e. The molecule has 2 N–H and O–H groups in total. The van der Waals surface area contributed by atoms with Gasteiger partial charge in [-0.05, 0) is 30.3 Å². The van der Waals surface area contributed by atoms with Crippen LogP contribution in [-0.2, 0) is 7.05 Å². The molecule has 8 nitrogen and oxygen atoms in total. The molecule has 140 valence electrons. The molecule has 0 unspecified atom stereocenters. The maximum atomic E-state index is 13.8. The number of anilines is 2. The molecule has 4 rings (SSSR count). The number of rotatable bonds is 4. The number of ether oxygens (including phenoxy) is 1. The van der Waals surface area contributed by atoms with Crippen LogP contribution in [0.3, 0.4) is 0 Å². The Labute approximate surface area is 157 Å². The molecule has 0 atom stereocenters. The van der Waals surface area contributed by atoms with Crippen molar-refractivity contribution in [2.45, 2.75) is 0 Å². The Kier molecular flexibility index (Phi) is 4.32. The van der Waals surface area contributed by atoms with Gasteiger partial charge in [-0.25, -0.2) is 14.4 Å². The molecule has 0 saturated carbocycles. The molecule has 28 heavy (non-hydrogen) atoms. The van der Waals surface area contributed by atoms with Gasteiger partial charge in [0.05, 0.1) is 0 Å². The van der Waals surface area contributed by atoms with Gasteiger partial charge in [-0.15, -0.1) is 0 Å². The summed E-state index contributed by atoms with van der Waals surface area (Å²) >= 11 is 0. The molecular formula is C19H14FN5O3. The van der Waals surface area contributed by atoms with E-state index in [9.17, 15) is 14.3 Å². The number of halogens is 1. The number of aromatic nitrogens is 4. The van der Waals surface area contributed by atoms with Crippen molar-refractivity contribution in [1.29, 1.82) is 0 Å². The zero-order valence-electron chi connectivity index (χ0n) is 14.6. The summed E-state index contributed by atoms with van der Waals surface area (Å²) in [6.45, 7) is 0. The van der Waals surface area contributed by atoms with Gasteiger partial charge >= 0.3 is 0 Å². The Bertz CT molecular complexity index is 1240. The van der Waals surface area contributed by atoms with E-state index in [4.69, 9.17) is 4.74 Å². The van der Waals surface area contributed by atoms with Crippen molar-refractivity contribution >= 4 is 22.8 Å². The first kappa shape index (κ1) is 17.4. The zero-order chi connectivity index (χ0) is 19.7. The van der Waals surface area contributed by atoms with Crippen molar-refractivity contribution in [3.05, 3.63) is 71.0 Å². The number of nitrogens with one attached hydrogen (secondary N) is 1. The van der Waals surface area contributed by atoms with Crippen molar-refractivity contribution in [2.75, 3.05) is 5.32 Å². The Hall–Kier alpha value is -4.01. The molecular weight excluding hydrogens is 365 g/mol. The van der Waals surface area contributed by atoms with E-state index < -0.39 is 11.4 Å². The van der Waals surface area contributed by atoms with Crippen LogP contribution in [-0.4, -0.2) is 24.6 Å². The van der Waals surface area contributed by atoms with E-state index in [0.29, 0.717) is 11.0 Å². The molecule has 0 bridgehead atoms. The van der Waals surface area contributed by atoms with Crippen molar-refractivity contribution in [3.63, 3.8) is 0 Å². The highest BCUT2D eigenvalue weighted by Crippen LogP contribution is 2.25. The van der Waals surface area contributed by atoms with Crippen molar-refractivity contribution < 1.29 is 14.2 Å². The number of pyridine rings is 2. The van der Waals surface area contributed by atoms with Crippen molar-refractivity contribution in [3.8, 4) is 17.2 Å². The van der Waals surface area contributed by atoms with Crippen LogP contribution in [0, 0.1) is 5.82 Å². The van der Waals surface area contributed by atoms with Crippen LogP contribution < -0.4 is 15.6 Å². The first-order valence-corrected chi connectivity index (χ1v) is 8.23. The Morgan fingerprint density at radius 2 is 1.96 bits per heavy atom. The SMILES string of the molecule is Cn1c(=O)c(Oc2ccccc2F)cc2cnc(Nc3ncccc3O)nc21. The van der Waals surface area contributed by atoms with Gasteiger partial charge in [0.25, 0.3) is 5.56 Å². The molecule has 3 aromatic heterocycles. The summed E-state index contributed by atoms with van der Waals surface area (Å²) in [6.07, 6.45) is 2.99. The summed E-state index contributed by atoms with van der Waals surface area (Å²) in [4.78, 5) is 25.1. The molecule has 9 heteroatoms. The zero-order valence-corrected chi connectivity index (χ0v) is 14.6. The number of fused-ring (bicyclic) bond motifs is 1. The van der Waals surface area contributed by atoms with E-state index in [2.05, 4.69) is 20.3 Å². The monoisotopic (exact) mass is 379 g/mol. The number of para-hydroxylation sites is 1. The third kappa shape index (κ3) is 3.20. The molecule has 0 aliphatic carbocycles. The molecule has 0 aliphatic rings. The first-order valence-electron chi connectivity index (χ1n) is 8.23. The molecule has 0 fully saturated rings. The minimum absolute atomic E-state index is 0.0493. The third-order valence-electron chi connectivity index (χ3n) is 3.99. The Balaban J connectivity index is 1.73. The molecule has 1 aromatic carbocycles. The number of nitrogens with zero attached hydrogens (tertiary/aromatic N) is 4. The fourth-order valence-electron chi connectivity index (χ4n) is 2.60. The van der Waals surface area contributed by atoms with Gasteiger partial charge in [-0.2, -0.15) is 4.98 Å². The third-order valence-corrected chi connectivity index (χ3v) is 3.99. The topological polar surface area (TPSA) is 102 Å². The molecule has 0 spiro atoms. The number of hydrogen-bond donors (Lipinski definition) is 2. The smallest absolute Gasteiger partial charge is 0.294 e. The van der Waals surface area contributed by atoms with Gasteiger partial charge in [-0.3, -0.25) is 9.36 Å². The number of benzene rings is 1. The molecule has 0 saturated heterocycles. The van der Waals surface area contributed by atoms with E-state index in [0.717, 1.165) is 0 Å². The fraction of sp³-hybridized carbons (Fsp3) is 0.0526. The van der Waals surface area contributed by atoms with E-state index >= 15 is 0 Å². The van der Waals surface area contributed by atoms with E-state index in [1.54, 1.807) is 12.1 Å². The molecule has 0 amide bonds. The molecule has 0 aliphatic heterocycles. The summed E-state index contributed by atoms with van der Waals surface area (Å²) in [6, 6.07) is 10.3. The second-order valence-corrected chi connectivity index (χ2v) is 5.87. The van der Waals surface area contributed by atoms with Crippen LogP contribution in [0.15, 0.2) is 59.7 Å². The average molecular weight is 379 g/mol. The van der Waals surface area contributed by atoms with Gasteiger partial charge < -0.3 is 15.2 Å². The van der Waals surface area contributed by atoms with Crippen LogP contribution >= 0.6 is 0 Å². The lowest BCUT2D eigenvalue weighted by Crippen LogP contribution is -2.19. The summed E-state index contributed by atoms with van der Waals surface area (Å²) in [5.41, 5.74) is -0.153. The first-order chi connectivity index (χ1) is 13.5. The summed E-state index contributed by atoms with van der Waals surface area (Å²) in [5, 5.41) is 13.1. The summed E-state index contributed by atoms with van der Waals surface area (Å²) in [7, 11) is 1.52. The van der Waals surface area contributed by atoms with E-state index in [1.165, 1.54) is 54.3 Å². The van der Waals surface area contributed by atoms with Crippen LogP contribution in [0.5, 0.6) is 17.2 Å². The van der Waals surface area contributed by atoms with E-state index in [-0.39, 0.29) is 29.0 Å². The largest absolute Gasteiger partial charge is 0.504 e. The van der Waals surface area contributed by atoms with Gasteiger partial charge in [-0.1, -0.05) is 12.1 Å². The predicted octanol–water partition coefficient (Wildman–Crippen LogP) is 3.10. The quantitative estimate of drug-likeness (QED) is 0.562. The van der Waals surface area contributed by atoms with Gasteiger partial charge in [0.1, 0.15) is 5.65 Å². The van der Waals surface area contributed by atoms with Crippen molar-refractivity contribution in [2.24, 2.45) is 7.05 Å². The number of aryl methyl sites for hydroxylation is 1.